The molecule has 0 spiro atoms. The Bertz CT molecular complexity index is 1080. The second-order valence-corrected chi connectivity index (χ2v) is 7.65. The van der Waals surface area contributed by atoms with Crippen LogP contribution in [0.1, 0.15) is 30.8 Å². The highest BCUT2D eigenvalue weighted by Gasteiger charge is 2.31. The lowest BCUT2D eigenvalue weighted by Crippen LogP contribution is -2.22. The van der Waals surface area contributed by atoms with Gasteiger partial charge in [-0.3, -0.25) is 0 Å². The van der Waals surface area contributed by atoms with E-state index >= 15 is 0 Å². The SMILES string of the molecule is CC(C)(c1ccccc1)c1nnc2sc(-c3ccc(C(F)(F)F)cc3)nn12. The summed E-state index contributed by atoms with van der Waals surface area (Å²) < 4.78 is 39.9. The topological polar surface area (TPSA) is 43.1 Å². The molecule has 2 aromatic heterocycles. The predicted octanol–water partition coefficient (Wildman–Crippen LogP) is 5.20. The van der Waals surface area contributed by atoms with Crippen molar-refractivity contribution >= 4 is 16.3 Å². The van der Waals surface area contributed by atoms with Crippen molar-refractivity contribution < 1.29 is 13.2 Å². The molecule has 2 heterocycles. The van der Waals surface area contributed by atoms with Crippen molar-refractivity contribution in [2.75, 3.05) is 0 Å². The summed E-state index contributed by atoms with van der Waals surface area (Å²) in [5.74, 6) is 0.679. The van der Waals surface area contributed by atoms with Crippen molar-refractivity contribution in [3.8, 4) is 10.6 Å². The van der Waals surface area contributed by atoms with Crippen LogP contribution >= 0.6 is 11.3 Å². The highest BCUT2D eigenvalue weighted by molar-refractivity contribution is 7.19. The molecule has 0 saturated carbocycles. The molecule has 0 aliphatic heterocycles. The van der Waals surface area contributed by atoms with E-state index in [-0.39, 0.29) is 0 Å². The number of hydrogen-bond donors (Lipinski definition) is 0. The minimum atomic E-state index is -4.35. The van der Waals surface area contributed by atoms with E-state index in [2.05, 4.69) is 15.3 Å². The maximum atomic E-state index is 12.7. The molecule has 4 rings (SSSR count). The van der Waals surface area contributed by atoms with Crippen LogP contribution in [0.4, 0.5) is 13.2 Å². The molecule has 8 heteroatoms. The lowest BCUT2D eigenvalue weighted by molar-refractivity contribution is -0.137. The Balaban J connectivity index is 1.75. The zero-order valence-electron chi connectivity index (χ0n) is 14.5. The third kappa shape index (κ3) is 3.10. The molecule has 0 unspecified atom stereocenters. The van der Waals surface area contributed by atoms with Gasteiger partial charge in [-0.25, -0.2) is 0 Å². The summed E-state index contributed by atoms with van der Waals surface area (Å²) in [4.78, 5) is 0.601. The van der Waals surface area contributed by atoms with Crippen LogP contribution in [0.3, 0.4) is 0 Å². The van der Waals surface area contributed by atoms with Gasteiger partial charge in [-0.15, -0.1) is 10.2 Å². The van der Waals surface area contributed by atoms with Crippen LogP contribution in [-0.4, -0.2) is 19.8 Å². The maximum absolute atomic E-state index is 12.7. The van der Waals surface area contributed by atoms with E-state index < -0.39 is 17.2 Å². The summed E-state index contributed by atoms with van der Waals surface area (Å²) in [6.07, 6.45) is -4.35. The second-order valence-electron chi connectivity index (χ2n) is 6.69. The number of fused-ring (bicyclic) bond motifs is 1. The number of rotatable bonds is 3. The van der Waals surface area contributed by atoms with Crippen molar-refractivity contribution in [3.63, 3.8) is 0 Å². The fraction of sp³-hybridized carbons (Fsp3) is 0.211. The van der Waals surface area contributed by atoms with Gasteiger partial charge in [-0.1, -0.05) is 53.8 Å². The average Bonchev–Trinajstić information content (AvgIpc) is 3.22. The van der Waals surface area contributed by atoms with Gasteiger partial charge in [0.05, 0.1) is 11.0 Å². The Morgan fingerprint density at radius 3 is 2.15 bits per heavy atom. The predicted molar refractivity (Wildman–Crippen MR) is 97.7 cm³/mol. The number of nitrogens with zero attached hydrogens (tertiary/aromatic N) is 4. The van der Waals surface area contributed by atoms with E-state index in [4.69, 9.17) is 0 Å². The van der Waals surface area contributed by atoms with Gasteiger partial charge in [0.2, 0.25) is 4.96 Å². The molecule has 0 aliphatic carbocycles. The number of halogens is 3. The molecule has 0 amide bonds. The summed E-state index contributed by atoms with van der Waals surface area (Å²) in [7, 11) is 0. The van der Waals surface area contributed by atoms with E-state index in [0.717, 1.165) is 17.7 Å². The quantitative estimate of drug-likeness (QED) is 0.485. The largest absolute Gasteiger partial charge is 0.416 e. The molecule has 0 aliphatic rings. The standard InChI is InChI=1S/C19H15F3N4S/c1-18(2,13-6-4-3-5-7-13)16-23-24-17-26(16)25-15(27-17)12-8-10-14(11-9-12)19(20,21)22/h3-11H,1-2H3. The number of benzene rings is 2. The van der Waals surface area contributed by atoms with E-state index in [9.17, 15) is 13.2 Å². The van der Waals surface area contributed by atoms with Crippen LogP contribution in [0.25, 0.3) is 15.5 Å². The van der Waals surface area contributed by atoms with Gasteiger partial charge < -0.3 is 0 Å². The van der Waals surface area contributed by atoms with Crippen molar-refractivity contribution in [1.82, 2.24) is 19.8 Å². The highest BCUT2D eigenvalue weighted by atomic mass is 32.1. The van der Waals surface area contributed by atoms with E-state index in [1.165, 1.54) is 23.5 Å². The maximum Gasteiger partial charge on any atom is 0.416 e. The molecular weight excluding hydrogens is 373 g/mol. The van der Waals surface area contributed by atoms with Gasteiger partial charge >= 0.3 is 6.18 Å². The highest BCUT2D eigenvalue weighted by Crippen LogP contribution is 2.34. The molecule has 0 N–H and O–H groups in total. The molecule has 0 saturated heterocycles. The van der Waals surface area contributed by atoms with Gasteiger partial charge in [0.1, 0.15) is 5.01 Å². The summed E-state index contributed by atoms with van der Waals surface area (Å²) >= 11 is 1.29. The van der Waals surface area contributed by atoms with Crippen molar-refractivity contribution in [3.05, 3.63) is 71.5 Å². The summed E-state index contributed by atoms with van der Waals surface area (Å²) in [5, 5.41) is 13.7. The smallest absolute Gasteiger partial charge is 0.186 e. The molecule has 4 aromatic rings. The lowest BCUT2D eigenvalue weighted by atomic mass is 9.84. The van der Waals surface area contributed by atoms with Crippen LogP contribution in [0.2, 0.25) is 0 Å². The summed E-state index contributed by atoms with van der Waals surface area (Å²) in [5.41, 5.74) is 0.581. The molecule has 0 atom stereocenters. The monoisotopic (exact) mass is 388 g/mol. The number of aromatic nitrogens is 4. The van der Waals surface area contributed by atoms with Crippen LogP contribution < -0.4 is 0 Å². The molecule has 0 radical (unpaired) electrons. The number of hydrogen-bond acceptors (Lipinski definition) is 4. The van der Waals surface area contributed by atoms with E-state index in [1.54, 1.807) is 4.52 Å². The average molecular weight is 388 g/mol. The van der Waals surface area contributed by atoms with Gasteiger partial charge in [0.15, 0.2) is 5.82 Å². The van der Waals surface area contributed by atoms with Crippen LogP contribution in [-0.2, 0) is 11.6 Å². The molecular formula is C19H15F3N4S. The number of alkyl halides is 3. The first-order valence-corrected chi connectivity index (χ1v) is 9.04. The molecule has 4 nitrogen and oxygen atoms in total. The van der Waals surface area contributed by atoms with Crippen LogP contribution in [0, 0.1) is 0 Å². The molecule has 138 valence electrons. The van der Waals surface area contributed by atoms with Crippen LogP contribution in [0.15, 0.2) is 54.6 Å². The van der Waals surface area contributed by atoms with Crippen molar-refractivity contribution in [2.45, 2.75) is 25.4 Å². The first-order chi connectivity index (χ1) is 12.8. The minimum absolute atomic E-state index is 0.424. The Morgan fingerprint density at radius 2 is 1.52 bits per heavy atom. The zero-order chi connectivity index (χ0) is 19.2. The first-order valence-electron chi connectivity index (χ1n) is 8.23. The molecule has 0 bridgehead atoms. The zero-order valence-corrected chi connectivity index (χ0v) is 15.3. The van der Waals surface area contributed by atoms with Gasteiger partial charge in [-0.2, -0.15) is 22.8 Å². The third-order valence-corrected chi connectivity index (χ3v) is 5.45. The Morgan fingerprint density at radius 1 is 0.852 bits per heavy atom. The van der Waals surface area contributed by atoms with Gasteiger partial charge in [-0.05, 0) is 31.5 Å². The lowest BCUT2D eigenvalue weighted by Gasteiger charge is -2.22. The third-order valence-electron chi connectivity index (χ3n) is 4.50. The van der Waals surface area contributed by atoms with Gasteiger partial charge in [0.25, 0.3) is 0 Å². The Labute approximate surface area is 157 Å². The van der Waals surface area contributed by atoms with Crippen molar-refractivity contribution in [2.24, 2.45) is 0 Å². The molecule has 0 fully saturated rings. The normalized spacial score (nSPS) is 12.6. The minimum Gasteiger partial charge on any atom is -0.186 e. The van der Waals surface area contributed by atoms with E-state index in [0.29, 0.717) is 21.4 Å². The van der Waals surface area contributed by atoms with Crippen LogP contribution in [0.5, 0.6) is 0 Å². The van der Waals surface area contributed by atoms with Gasteiger partial charge in [0, 0.05) is 5.56 Å². The Hall–Kier alpha value is -2.74. The fourth-order valence-electron chi connectivity index (χ4n) is 2.91. The second kappa shape index (κ2) is 6.16. The Kier molecular flexibility index (Phi) is 4.03. The first kappa shape index (κ1) is 17.7. The summed E-state index contributed by atoms with van der Waals surface area (Å²) in [6, 6.07) is 14.9. The van der Waals surface area contributed by atoms with Crippen molar-refractivity contribution in [1.29, 1.82) is 0 Å². The fourth-order valence-corrected chi connectivity index (χ4v) is 3.75. The van der Waals surface area contributed by atoms with E-state index in [1.807, 2.05) is 44.2 Å². The summed E-state index contributed by atoms with van der Waals surface area (Å²) in [6.45, 7) is 4.08. The molecule has 27 heavy (non-hydrogen) atoms. The molecule has 2 aromatic carbocycles.